The number of halogens is 1. The number of hydrogen-bond donors (Lipinski definition) is 0. The average molecular weight is 293 g/mol. The molecule has 1 unspecified atom stereocenters. The Kier molecular flexibility index (Phi) is 9.07. The van der Waals surface area contributed by atoms with Gasteiger partial charge in [-0.25, -0.2) is 0 Å². The molecule has 0 aromatic heterocycles. The molecular formula is C11H18BrO2P. The van der Waals surface area contributed by atoms with Gasteiger partial charge in [0, 0.05) is 8.81 Å². The Hall–Kier alpha value is -0.110. The molecule has 0 bridgehead atoms. The maximum atomic E-state index is 5.52. The Bertz CT molecular complexity index is 251. The molecule has 0 heterocycles. The quantitative estimate of drug-likeness (QED) is 0.592. The fraction of sp³-hybridized carbons (Fsp3) is 0.455. The van der Waals surface area contributed by atoms with Gasteiger partial charge >= 0.3 is 0 Å². The highest BCUT2D eigenvalue weighted by Gasteiger charge is 1.94. The van der Waals surface area contributed by atoms with Crippen LogP contribution in [-0.2, 0) is 4.52 Å². The highest BCUT2D eigenvalue weighted by atomic mass is 79.9. The van der Waals surface area contributed by atoms with Crippen molar-refractivity contribution in [3.63, 3.8) is 0 Å². The van der Waals surface area contributed by atoms with Crippen LogP contribution in [-0.4, -0.2) is 13.7 Å². The number of benzene rings is 1. The second kappa shape index (κ2) is 9.14. The van der Waals surface area contributed by atoms with Gasteiger partial charge in [-0.15, -0.1) is 17.0 Å². The van der Waals surface area contributed by atoms with E-state index in [1.165, 1.54) is 11.7 Å². The summed E-state index contributed by atoms with van der Waals surface area (Å²) in [4.78, 5) is 0. The van der Waals surface area contributed by atoms with Crippen LogP contribution in [0.4, 0.5) is 0 Å². The monoisotopic (exact) mass is 292 g/mol. The third kappa shape index (κ3) is 6.14. The minimum atomic E-state index is 0. The molecule has 0 aliphatic heterocycles. The van der Waals surface area contributed by atoms with Crippen LogP contribution in [0.1, 0.15) is 19.8 Å². The lowest BCUT2D eigenvalue weighted by Gasteiger charge is -2.04. The highest BCUT2D eigenvalue weighted by Crippen LogP contribution is 2.15. The molecule has 4 heteroatoms. The lowest BCUT2D eigenvalue weighted by atomic mass is 10.3. The maximum absolute atomic E-state index is 5.52. The lowest BCUT2D eigenvalue weighted by Crippen LogP contribution is -1.96. The Morgan fingerprint density at radius 1 is 1.20 bits per heavy atom. The van der Waals surface area contributed by atoms with Crippen molar-refractivity contribution in [3.8, 4) is 5.75 Å². The Balaban J connectivity index is 0.00000196. The highest BCUT2D eigenvalue weighted by molar-refractivity contribution is 8.93. The number of rotatable bonds is 6. The first-order chi connectivity index (χ1) is 6.86. The first-order valence-corrected chi connectivity index (χ1v) is 5.79. The minimum absolute atomic E-state index is 0. The zero-order valence-electron chi connectivity index (χ0n) is 9.16. The van der Waals surface area contributed by atoms with Crippen molar-refractivity contribution in [1.29, 1.82) is 0 Å². The van der Waals surface area contributed by atoms with Crippen molar-refractivity contribution in [3.05, 3.63) is 24.3 Å². The molecule has 0 spiro atoms. The van der Waals surface area contributed by atoms with Crippen molar-refractivity contribution < 1.29 is 9.26 Å². The number of unbranched alkanes of at least 4 members (excludes halogenated alkanes) is 1. The molecule has 0 saturated carbocycles. The van der Waals surface area contributed by atoms with Crippen molar-refractivity contribution in [1.82, 2.24) is 0 Å². The van der Waals surface area contributed by atoms with Gasteiger partial charge in [0.2, 0.25) is 0 Å². The molecule has 0 radical (unpaired) electrons. The second-order valence-corrected chi connectivity index (χ2v) is 4.10. The maximum Gasteiger partial charge on any atom is 0.118 e. The molecule has 0 fully saturated rings. The summed E-state index contributed by atoms with van der Waals surface area (Å²) in [5, 5.41) is 1.22. The molecule has 0 amide bonds. The standard InChI is InChI=1S/C11H17O2P.BrH/c1-3-4-9-13-14-11-7-5-10(12-2)6-8-11;/h5-8,14H,3-4,9H2,1-2H3;1H. The van der Waals surface area contributed by atoms with Crippen molar-refractivity contribution >= 4 is 31.1 Å². The predicted molar refractivity (Wildman–Crippen MR) is 72.1 cm³/mol. The smallest absolute Gasteiger partial charge is 0.118 e. The first kappa shape index (κ1) is 14.9. The van der Waals surface area contributed by atoms with Gasteiger partial charge in [-0.3, -0.25) is 0 Å². The lowest BCUT2D eigenvalue weighted by molar-refractivity contribution is 0.356. The normalized spacial score (nSPS) is 10.3. The van der Waals surface area contributed by atoms with Crippen LogP contribution >= 0.6 is 25.8 Å². The zero-order chi connectivity index (χ0) is 10.2. The Morgan fingerprint density at radius 2 is 1.87 bits per heavy atom. The van der Waals surface area contributed by atoms with E-state index in [1.54, 1.807) is 7.11 Å². The van der Waals surface area contributed by atoms with Gasteiger partial charge in [-0.05, 0) is 36.0 Å². The van der Waals surface area contributed by atoms with Crippen molar-refractivity contribution in [2.45, 2.75) is 19.8 Å². The van der Waals surface area contributed by atoms with Gasteiger partial charge in [-0.2, -0.15) is 0 Å². The van der Waals surface area contributed by atoms with Crippen LogP contribution in [0.5, 0.6) is 5.75 Å². The third-order valence-electron chi connectivity index (χ3n) is 1.88. The molecule has 86 valence electrons. The molecule has 2 nitrogen and oxygen atoms in total. The molecule has 0 saturated heterocycles. The largest absolute Gasteiger partial charge is 0.497 e. The summed E-state index contributed by atoms with van der Waals surface area (Å²) in [5.74, 6) is 0.895. The molecule has 0 aliphatic rings. The second-order valence-electron chi connectivity index (χ2n) is 3.03. The van der Waals surface area contributed by atoms with Gasteiger partial charge in [0.1, 0.15) is 5.75 Å². The van der Waals surface area contributed by atoms with Crippen LogP contribution in [0, 0.1) is 0 Å². The Labute approximate surface area is 104 Å². The SMILES string of the molecule is Br.CCCCOPc1ccc(OC)cc1. The van der Waals surface area contributed by atoms with Crippen molar-refractivity contribution in [2.75, 3.05) is 13.7 Å². The van der Waals surface area contributed by atoms with Crippen LogP contribution in [0.2, 0.25) is 0 Å². The molecule has 1 aromatic rings. The Morgan fingerprint density at radius 3 is 2.40 bits per heavy atom. The van der Waals surface area contributed by atoms with E-state index in [0.29, 0.717) is 8.81 Å². The summed E-state index contributed by atoms with van der Waals surface area (Å²) in [5.41, 5.74) is 0. The van der Waals surface area contributed by atoms with Crippen LogP contribution < -0.4 is 10.0 Å². The van der Waals surface area contributed by atoms with E-state index in [9.17, 15) is 0 Å². The molecule has 1 aromatic carbocycles. The molecular weight excluding hydrogens is 275 g/mol. The van der Waals surface area contributed by atoms with Crippen LogP contribution in [0.3, 0.4) is 0 Å². The topological polar surface area (TPSA) is 18.5 Å². The van der Waals surface area contributed by atoms with E-state index in [1.807, 2.05) is 24.3 Å². The predicted octanol–water partition coefficient (Wildman–Crippen LogP) is 3.31. The van der Waals surface area contributed by atoms with Crippen LogP contribution in [0.15, 0.2) is 24.3 Å². The molecule has 1 rings (SSSR count). The van der Waals surface area contributed by atoms with E-state index < -0.39 is 0 Å². The summed E-state index contributed by atoms with van der Waals surface area (Å²) >= 11 is 0. The summed E-state index contributed by atoms with van der Waals surface area (Å²) in [6.45, 7) is 3.03. The molecule has 1 atom stereocenters. The summed E-state index contributed by atoms with van der Waals surface area (Å²) in [7, 11) is 2.13. The summed E-state index contributed by atoms with van der Waals surface area (Å²) in [6, 6.07) is 8.02. The van der Waals surface area contributed by atoms with E-state index >= 15 is 0 Å². The van der Waals surface area contributed by atoms with Crippen molar-refractivity contribution in [2.24, 2.45) is 0 Å². The first-order valence-electron chi connectivity index (χ1n) is 4.88. The summed E-state index contributed by atoms with van der Waals surface area (Å²) < 4.78 is 10.6. The fourth-order valence-electron chi connectivity index (χ4n) is 1.01. The average Bonchev–Trinajstić information content (AvgIpc) is 2.25. The molecule has 0 N–H and O–H groups in total. The van der Waals surface area contributed by atoms with Gasteiger partial charge in [-0.1, -0.05) is 13.3 Å². The van der Waals surface area contributed by atoms with Gasteiger partial charge < -0.3 is 9.26 Å². The third-order valence-corrected chi connectivity index (χ3v) is 2.80. The zero-order valence-corrected chi connectivity index (χ0v) is 11.9. The number of hydrogen-bond acceptors (Lipinski definition) is 2. The van der Waals surface area contributed by atoms with E-state index in [0.717, 1.165) is 18.8 Å². The van der Waals surface area contributed by atoms with Gasteiger partial charge in [0.05, 0.1) is 13.7 Å². The summed E-state index contributed by atoms with van der Waals surface area (Å²) in [6.07, 6.45) is 2.33. The fourth-order valence-corrected chi connectivity index (χ4v) is 1.73. The van der Waals surface area contributed by atoms with Gasteiger partial charge in [0.25, 0.3) is 0 Å². The molecule has 15 heavy (non-hydrogen) atoms. The van der Waals surface area contributed by atoms with E-state index in [4.69, 9.17) is 9.26 Å². The van der Waals surface area contributed by atoms with E-state index in [2.05, 4.69) is 6.92 Å². The van der Waals surface area contributed by atoms with Gasteiger partial charge in [0.15, 0.2) is 0 Å². The van der Waals surface area contributed by atoms with Crippen LogP contribution in [0.25, 0.3) is 0 Å². The number of methoxy groups -OCH3 is 1. The number of ether oxygens (including phenoxy) is 1. The van der Waals surface area contributed by atoms with E-state index in [-0.39, 0.29) is 17.0 Å². The molecule has 0 aliphatic carbocycles. The minimum Gasteiger partial charge on any atom is -0.497 e.